The monoisotopic (exact) mass is 213 g/mol. The SMILES string of the molecule is C[C@@H]1COC[C@@H](c2ccccc2)N1.Cl. The zero-order chi connectivity index (χ0) is 9.10. The van der Waals surface area contributed by atoms with Crippen molar-refractivity contribution in [2.75, 3.05) is 13.2 Å². The minimum absolute atomic E-state index is 0. The Kier molecular flexibility index (Phi) is 4.39. The summed E-state index contributed by atoms with van der Waals surface area (Å²) >= 11 is 0. The molecule has 14 heavy (non-hydrogen) atoms. The predicted octanol–water partition coefficient (Wildman–Crippen LogP) is 2.16. The van der Waals surface area contributed by atoms with Crippen LogP contribution in [0.3, 0.4) is 0 Å². The molecule has 1 aliphatic rings. The molecule has 0 radical (unpaired) electrons. The Bertz CT molecular complexity index is 265. The lowest BCUT2D eigenvalue weighted by Gasteiger charge is -2.29. The molecule has 1 aliphatic heterocycles. The van der Waals surface area contributed by atoms with Gasteiger partial charge in [0.15, 0.2) is 0 Å². The fourth-order valence-corrected chi connectivity index (χ4v) is 1.68. The summed E-state index contributed by atoms with van der Waals surface area (Å²) in [5.41, 5.74) is 1.31. The van der Waals surface area contributed by atoms with E-state index < -0.39 is 0 Å². The van der Waals surface area contributed by atoms with E-state index in [4.69, 9.17) is 4.74 Å². The van der Waals surface area contributed by atoms with Crippen molar-refractivity contribution in [2.24, 2.45) is 0 Å². The molecule has 2 nitrogen and oxygen atoms in total. The molecule has 1 fully saturated rings. The predicted molar refractivity (Wildman–Crippen MR) is 59.8 cm³/mol. The van der Waals surface area contributed by atoms with E-state index in [-0.39, 0.29) is 12.4 Å². The van der Waals surface area contributed by atoms with E-state index in [0.717, 1.165) is 13.2 Å². The van der Waals surface area contributed by atoms with Crippen molar-refractivity contribution in [1.82, 2.24) is 5.32 Å². The molecular formula is C11H16ClNO. The highest BCUT2D eigenvalue weighted by atomic mass is 35.5. The Labute approximate surface area is 91.1 Å². The van der Waals surface area contributed by atoms with E-state index in [1.807, 2.05) is 6.07 Å². The number of morpholine rings is 1. The molecule has 1 N–H and O–H groups in total. The standard InChI is InChI=1S/C11H15NO.ClH/c1-9-7-13-8-11(12-9)10-5-3-2-4-6-10;/h2-6,9,11-12H,7-8H2,1H3;1H/t9-,11+;/m1./s1. The van der Waals surface area contributed by atoms with Gasteiger partial charge in [-0.05, 0) is 12.5 Å². The first kappa shape index (κ1) is 11.5. The Morgan fingerprint density at radius 1 is 1.21 bits per heavy atom. The van der Waals surface area contributed by atoms with Crippen LogP contribution in [0.2, 0.25) is 0 Å². The van der Waals surface area contributed by atoms with Crippen molar-refractivity contribution >= 4 is 12.4 Å². The molecule has 1 aromatic rings. The van der Waals surface area contributed by atoms with Gasteiger partial charge in [-0.2, -0.15) is 0 Å². The van der Waals surface area contributed by atoms with Gasteiger partial charge in [-0.25, -0.2) is 0 Å². The normalized spacial score (nSPS) is 26.6. The molecular weight excluding hydrogens is 198 g/mol. The summed E-state index contributed by atoms with van der Waals surface area (Å²) in [5.74, 6) is 0. The maximum absolute atomic E-state index is 5.49. The molecule has 78 valence electrons. The zero-order valence-corrected chi connectivity index (χ0v) is 9.09. The average Bonchev–Trinajstić information content (AvgIpc) is 2.19. The van der Waals surface area contributed by atoms with Gasteiger partial charge in [0.1, 0.15) is 0 Å². The summed E-state index contributed by atoms with van der Waals surface area (Å²) in [6, 6.07) is 11.3. The van der Waals surface area contributed by atoms with Gasteiger partial charge in [0.05, 0.1) is 19.3 Å². The van der Waals surface area contributed by atoms with Crippen LogP contribution in [0.25, 0.3) is 0 Å². The smallest absolute Gasteiger partial charge is 0.0662 e. The third-order valence-electron chi connectivity index (χ3n) is 2.34. The molecule has 2 atom stereocenters. The summed E-state index contributed by atoms with van der Waals surface area (Å²) in [6.07, 6.45) is 0. The van der Waals surface area contributed by atoms with E-state index in [0.29, 0.717) is 12.1 Å². The van der Waals surface area contributed by atoms with Crippen LogP contribution in [-0.2, 0) is 4.74 Å². The first-order chi connectivity index (χ1) is 6.36. The molecule has 1 aromatic carbocycles. The lowest BCUT2D eigenvalue weighted by Crippen LogP contribution is -2.41. The van der Waals surface area contributed by atoms with Crippen LogP contribution in [0.5, 0.6) is 0 Å². The number of benzene rings is 1. The van der Waals surface area contributed by atoms with Crippen LogP contribution in [-0.4, -0.2) is 19.3 Å². The van der Waals surface area contributed by atoms with Gasteiger partial charge in [0.25, 0.3) is 0 Å². The van der Waals surface area contributed by atoms with Crippen molar-refractivity contribution in [2.45, 2.75) is 19.0 Å². The molecule has 0 spiro atoms. The third-order valence-corrected chi connectivity index (χ3v) is 2.34. The quantitative estimate of drug-likeness (QED) is 0.772. The second-order valence-electron chi connectivity index (χ2n) is 3.57. The molecule has 0 amide bonds. The van der Waals surface area contributed by atoms with E-state index in [2.05, 4.69) is 36.5 Å². The average molecular weight is 214 g/mol. The second-order valence-corrected chi connectivity index (χ2v) is 3.57. The van der Waals surface area contributed by atoms with Crippen LogP contribution in [0.15, 0.2) is 30.3 Å². The Morgan fingerprint density at radius 2 is 1.93 bits per heavy atom. The number of hydrogen-bond acceptors (Lipinski definition) is 2. The van der Waals surface area contributed by atoms with Gasteiger partial charge in [-0.3, -0.25) is 0 Å². The highest BCUT2D eigenvalue weighted by molar-refractivity contribution is 5.85. The highest BCUT2D eigenvalue weighted by Crippen LogP contribution is 2.16. The minimum atomic E-state index is 0. The van der Waals surface area contributed by atoms with Gasteiger partial charge in [-0.1, -0.05) is 30.3 Å². The van der Waals surface area contributed by atoms with Crippen molar-refractivity contribution in [3.63, 3.8) is 0 Å². The molecule has 3 heteroatoms. The Hall–Kier alpha value is -0.570. The van der Waals surface area contributed by atoms with Gasteiger partial charge in [-0.15, -0.1) is 12.4 Å². The summed E-state index contributed by atoms with van der Waals surface area (Å²) in [7, 11) is 0. The number of halogens is 1. The van der Waals surface area contributed by atoms with E-state index >= 15 is 0 Å². The molecule has 0 unspecified atom stereocenters. The van der Waals surface area contributed by atoms with Gasteiger partial charge in [0.2, 0.25) is 0 Å². The first-order valence-corrected chi connectivity index (χ1v) is 4.75. The van der Waals surface area contributed by atoms with Gasteiger partial charge in [0, 0.05) is 6.04 Å². The fraction of sp³-hybridized carbons (Fsp3) is 0.455. The lowest BCUT2D eigenvalue weighted by molar-refractivity contribution is 0.0504. The molecule has 2 rings (SSSR count). The Morgan fingerprint density at radius 3 is 2.57 bits per heavy atom. The number of rotatable bonds is 1. The first-order valence-electron chi connectivity index (χ1n) is 4.75. The zero-order valence-electron chi connectivity index (χ0n) is 8.27. The van der Waals surface area contributed by atoms with Crippen molar-refractivity contribution < 1.29 is 4.74 Å². The topological polar surface area (TPSA) is 21.3 Å². The van der Waals surface area contributed by atoms with Crippen LogP contribution in [0.1, 0.15) is 18.5 Å². The van der Waals surface area contributed by atoms with Crippen molar-refractivity contribution in [3.05, 3.63) is 35.9 Å². The molecule has 1 saturated heterocycles. The van der Waals surface area contributed by atoms with E-state index in [1.165, 1.54) is 5.56 Å². The minimum Gasteiger partial charge on any atom is -0.378 e. The van der Waals surface area contributed by atoms with Crippen LogP contribution < -0.4 is 5.32 Å². The van der Waals surface area contributed by atoms with Gasteiger partial charge < -0.3 is 10.1 Å². The molecule has 0 bridgehead atoms. The number of hydrogen-bond donors (Lipinski definition) is 1. The summed E-state index contributed by atoms with van der Waals surface area (Å²) < 4.78 is 5.49. The van der Waals surface area contributed by atoms with Crippen LogP contribution >= 0.6 is 12.4 Å². The van der Waals surface area contributed by atoms with Crippen molar-refractivity contribution in [3.8, 4) is 0 Å². The van der Waals surface area contributed by atoms with Crippen LogP contribution in [0.4, 0.5) is 0 Å². The van der Waals surface area contributed by atoms with Crippen LogP contribution in [0, 0.1) is 0 Å². The van der Waals surface area contributed by atoms with Gasteiger partial charge >= 0.3 is 0 Å². The summed E-state index contributed by atoms with van der Waals surface area (Å²) in [4.78, 5) is 0. The molecule has 0 saturated carbocycles. The fourth-order valence-electron chi connectivity index (χ4n) is 1.68. The molecule has 0 aromatic heterocycles. The number of nitrogens with one attached hydrogen (secondary N) is 1. The largest absolute Gasteiger partial charge is 0.378 e. The maximum atomic E-state index is 5.49. The Balaban J connectivity index is 0.000000980. The highest BCUT2D eigenvalue weighted by Gasteiger charge is 2.18. The second kappa shape index (κ2) is 5.35. The molecule has 0 aliphatic carbocycles. The summed E-state index contributed by atoms with van der Waals surface area (Å²) in [5, 5.41) is 3.51. The van der Waals surface area contributed by atoms with E-state index in [9.17, 15) is 0 Å². The van der Waals surface area contributed by atoms with E-state index in [1.54, 1.807) is 0 Å². The maximum Gasteiger partial charge on any atom is 0.0662 e. The third kappa shape index (κ3) is 2.71. The molecule has 1 heterocycles. The van der Waals surface area contributed by atoms with Crippen molar-refractivity contribution in [1.29, 1.82) is 0 Å². The number of ether oxygens (including phenoxy) is 1. The lowest BCUT2D eigenvalue weighted by atomic mass is 10.1. The summed E-state index contributed by atoms with van der Waals surface area (Å²) in [6.45, 7) is 3.76.